The molecule has 9 heteroatoms. The van der Waals surface area contributed by atoms with Gasteiger partial charge in [-0.1, -0.05) is 11.2 Å². The summed E-state index contributed by atoms with van der Waals surface area (Å²) >= 11 is 0. The van der Waals surface area contributed by atoms with Gasteiger partial charge in [-0.3, -0.25) is 0 Å². The van der Waals surface area contributed by atoms with Gasteiger partial charge in [0.25, 0.3) is 10.0 Å². The summed E-state index contributed by atoms with van der Waals surface area (Å²) in [7, 11) is -1.88. The van der Waals surface area contributed by atoms with E-state index < -0.39 is 10.0 Å². The summed E-state index contributed by atoms with van der Waals surface area (Å²) in [5, 5.41) is 6.52. The average molecular weight is 297 g/mol. The number of nitrogens with one attached hydrogen (secondary N) is 2. The molecule has 0 aliphatic rings. The zero-order chi connectivity index (χ0) is 14.6. The number of pyridine rings is 1. The quantitative estimate of drug-likeness (QED) is 0.770. The molecule has 0 bridgehead atoms. The van der Waals surface area contributed by atoms with E-state index in [4.69, 9.17) is 4.52 Å². The van der Waals surface area contributed by atoms with Gasteiger partial charge in [-0.15, -0.1) is 0 Å². The fraction of sp³-hybridized carbons (Fsp3) is 0.364. The van der Waals surface area contributed by atoms with E-state index in [-0.39, 0.29) is 17.4 Å². The maximum Gasteiger partial charge on any atom is 0.258 e. The predicted molar refractivity (Wildman–Crippen MR) is 70.1 cm³/mol. The van der Waals surface area contributed by atoms with E-state index in [1.54, 1.807) is 20.0 Å². The summed E-state index contributed by atoms with van der Waals surface area (Å²) in [4.78, 5) is 7.84. The third-order valence-electron chi connectivity index (χ3n) is 2.44. The number of hydrogen-bond acceptors (Lipinski definition) is 7. The molecule has 0 amide bonds. The molecule has 8 nitrogen and oxygen atoms in total. The van der Waals surface area contributed by atoms with E-state index in [0.29, 0.717) is 12.4 Å². The van der Waals surface area contributed by atoms with E-state index >= 15 is 0 Å². The van der Waals surface area contributed by atoms with Gasteiger partial charge >= 0.3 is 0 Å². The van der Waals surface area contributed by atoms with Gasteiger partial charge in [0.2, 0.25) is 5.89 Å². The van der Waals surface area contributed by atoms with Crippen LogP contribution >= 0.6 is 0 Å². The highest BCUT2D eigenvalue weighted by molar-refractivity contribution is 7.89. The lowest BCUT2D eigenvalue weighted by atomic mass is 10.3. The first kappa shape index (κ1) is 14.6. The predicted octanol–water partition coefficient (Wildman–Crippen LogP) is -0.0291. The topological polar surface area (TPSA) is 110 Å². The second-order valence-corrected chi connectivity index (χ2v) is 5.80. The maximum absolute atomic E-state index is 12.0. The summed E-state index contributed by atoms with van der Waals surface area (Å²) in [5.74, 6) is 0.659. The molecule has 0 spiro atoms. The van der Waals surface area contributed by atoms with Crippen LogP contribution in [0.2, 0.25) is 0 Å². The van der Waals surface area contributed by atoms with Crippen molar-refractivity contribution in [1.29, 1.82) is 0 Å². The lowest BCUT2D eigenvalue weighted by Gasteiger charge is -2.05. The first-order chi connectivity index (χ1) is 9.51. The van der Waals surface area contributed by atoms with Gasteiger partial charge in [0.1, 0.15) is 0 Å². The number of sulfonamides is 1. The van der Waals surface area contributed by atoms with Gasteiger partial charge < -0.3 is 9.84 Å². The van der Waals surface area contributed by atoms with Crippen molar-refractivity contribution in [2.75, 3.05) is 7.05 Å². The van der Waals surface area contributed by atoms with Crippen LogP contribution in [0.4, 0.5) is 0 Å². The third kappa shape index (κ3) is 3.59. The van der Waals surface area contributed by atoms with Crippen molar-refractivity contribution in [2.24, 2.45) is 0 Å². The Hall–Kier alpha value is -1.84. The smallest absolute Gasteiger partial charge is 0.258 e. The van der Waals surface area contributed by atoms with Gasteiger partial charge in [0.05, 0.1) is 6.54 Å². The molecule has 0 fully saturated rings. The Morgan fingerprint density at radius 2 is 2.10 bits per heavy atom. The number of rotatable bonds is 6. The zero-order valence-corrected chi connectivity index (χ0v) is 11.9. The molecule has 2 N–H and O–H groups in total. The van der Waals surface area contributed by atoms with Crippen LogP contribution in [-0.2, 0) is 23.1 Å². The zero-order valence-electron chi connectivity index (χ0n) is 11.1. The normalized spacial score (nSPS) is 11.7. The van der Waals surface area contributed by atoms with Crippen molar-refractivity contribution in [3.8, 4) is 0 Å². The number of nitrogens with zero attached hydrogens (tertiary/aromatic N) is 3. The van der Waals surface area contributed by atoms with Crippen LogP contribution in [0, 0.1) is 6.92 Å². The van der Waals surface area contributed by atoms with E-state index in [1.165, 1.54) is 12.3 Å². The largest absolute Gasteiger partial charge is 0.340 e. The van der Waals surface area contributed by atoms with Crippen LogP contribution in [0.25, 0.3) is 0 Å². The summed E-state index contributed by atoms with van der Waals surface area (Å²) in [6.45, 7) is 2.22. The minimum absolute atomic E-state index is 0.0420. The number of hydrogen-bond donors (Lipinski definition) is 2. The molecular formula is C11H15N5O3S. The summed E-state index contributed by atoms with van der Waals surface area (Å²) in [5.41, 5.74) is 0.903. The summed E-state index contributed by atoms with van der Waals surface area (Å²) in [6, 6.07) is 3.16. The SMILES string of the molecule is CNCc1ccc(S(=O)(=O)NCc2noc(C)n2)nc1. The Morgan fingerprint density at radius 3 is 2.65 bits per heavy atom. The molecule has 0 radical (unpaired) electrons. The van der Waals surface area contributed by atoms with Crippen LogP contribution in [0.1, 0.15) is 17.3 Å². The molecule has 2 rings (SSSR count). The average Bonchev–Trinajstić information content (AvgIpc) is 2.84. The Bertz CT molecular complexity index is 666. The fourth-order valence-electron chi connectivity index (χ4n) is 1.53. The monoisotopic (exact) mass is 297 g/mol. The van der Waals surface area contributed by atoms with Crippen LogP contribution in [-0.4, -0.2) is 30.6 Å². The molecule has 0 aliphatic heterocycles. The first-order valence-electron chi connectivity index (χ1n) is 5.89. The van der Waals surface area contributed by atoms with Crippen LogP contribution < -0.4 is 10.0 Å². The fourth-order valence-corrected chi connectivity index (χ4v) is 2.43. The maximum atomic E-state index is 12.0. The van der Waals surface area contributed by atoms with Crippen molar-refractivity contribution in [2.45, 2.75) is 25.0 Å². The molecule has 0 unspecified atom stereocenters. The van der Waals surface area contributed by atoms with Gasteiger partial charge in [-0.25, -0.2) is 18.1 Å². The lowest BCUT2D eigenvalue weighted by molar-refractivity contribution is 0.387. The summed E-state index contributed by atoms with van der Waals surface area (Å²) < 4.78 is 31.1. The van der Waals surface area contributed by atoms with E-state index in [2.05, 4.69) is 25.2 Å². The number of aromatic nitrogens is 3. The first-order valence-corrected chi connectivity index (χ1v) is 7.38. The Balaban J connectivity index is 2.05. The van der Waals surface area contributed by atoms with Crippen molar-refractivity contribution in [1.82, 2.24) is 25.2 Å². The molecule has 0 aromatic carbocycles. The molecule has 2 aromatic heterocycles. The minimum Gasteiger partial charge on any atom is -0.340 e. The lowest BCUT2D eigenvalue weighted by Crippen LogP contribution is -2.24. The standard InChI is InChI=1S/C11H15N5O3S/c1-8-15-10(16-19-8)7-14-20(17,18)11-4-3-9(5-12-2)6-13-11/h3-4,6,12,14H,5,7H2,1-2H3. The second kappa shape index (κ2) is 6.07. The van der Waals surface area contributed by atoms with E-state index in [9.17, 15) is 8.42 Å². The Kier molecular flexibility index (Phi) is 4.42. The van der Waals surface area contributed by atoms with Crippen molar-refractivity contribution in [3.63, 3.8) is 0 Å². The molecule has 2 heterocycles. The molecule has 108 valence electrons. The molecular weight excluding hydrogens is 282 g/mol. The van der Waals surface area contributed by atoms with E-state index in [1.807, 2.05) is 0 Å². The highest BCUT2D eigenvalue weighted by Gasteiger charge is 2.16. The van der Waals surface area contributed by atoms with Gasteiger partial charge in [-0.2, -0.15) is 4.98 Å². The van der Waals surface area contributed by atoms with Gasteiger partial charge in [0, 0.05) is 19.7 Å². The number of aryl methyl sites for hydroxylation is 1. The van der Waals surface area contributed by atoms with Crippen LogP contribution in [0.5, 0.6) is 0 Å². The summed E-state index contributed by atoms with van der Waals surface area (Å²) in [6.07, 6.45) is 1.52. The second-order valence-electron chi connectivity index (χ2n) is 4.09. The Labute approximate surface area is 116 Å². The molecule has 0 atom stereocenters. The van der Waals surface area contributed by atoms with E-state index in [0.717, 1.165) is 5.56 Å². The van der Waals surface area contributed by atoms with Crippen molar-refractivity contribution < 1.29 is 12.9 Å². The molecule has 0 saturated heterocycles. The highest BCUT2D eigenvalue weighted by atomic mass is 32.2. The molecule has 2 aromatic rings. The minimum atomic E-state index is -3.68. The van der Waals surface area contributed by atoms with Crippen molar-refractivity contribution >= 4 is 10.0 Å². The van der Waals surface area contributed by atoms with Gasteiger partial charge in [0.15, 0.2) is 10.9 Å². The van der Waals surface area contributed by atoms with Gasteiger partial charge in [-0.05, 0) is 18.7 Å². The molecule has 0 aliphatic carbocycles. The van der Waals surface area contributed by atoms with Crippen LogP contribution in [0.15, 0.2) is 27.9 Å². The van der Waals surface area contributed by atoms with Crippen LogP contribution in [0.3, 0.4) is 0 Å². The highest BCUT2D eigenvalue weighted by Crippen LogP contribution is 2.07. The van der Waals surface area contributed by atoms with Crippen molar-refractivity contribution in [3.05, 3.63) is 35.6 Å². The molecule has 0 saturated carbocycles. The molecule has 20 heavy (non-hydrogen) atoms. The third-order valence-corrected chi connectivity index (χ3v) is 3.76. The Morgan fingerprint density at radius 1 is 1.30 bits per heavy atom.